The molecule has 1 atom stereocenters. The minimum absolute atomic E-state index is 0.00508. The number of carbonyl (C=O) groups excluding carboxylic acids is 1. The molecule has 1 N–H and O–H groups in total. The molecule has 1 amide bonds. The highest BCUT2D eigenvalue weighted by molar-refractivity contribution is 7.12. The van der Waals surface area contributed by atoms with E-state index in [1.54, 1.807) is 12.4 Å². The van der Waals surface area contributed by atoms with Gasteiger partial charge in [0.25, 0.3) is 5.91 Å². The molecule has 0 spiro atoms. The average Bonchev–Trinajstić information content (AvgIpc) is 3.26. The number of nitrogens with one attached hydrogen (secondary N) is 1. The topological polar surface area (TPSA) is 59.8 Å². The third-order valence-corrected chi connectivity index (χ3v) is 5.01. The smallest absolute Gasteiger partial charge is 0.261 e. The largest absolute Gasteiger partial charge is 0.344 e. The first-order chi connectivity index (χ1) is 11.3. The van der Waals surface area contributed by atoms with Crippen LogP contribution in [-0.4, -0.2) is 20.7 Å². The second-order valence-electron chi connectivity index (χ2n) is 5.56. The molecule has 6 heteroatoms. The second kappa shape index (κ2) is 5.96. The summed E-state index contributed by atoms with van der Waals surface area (Å²) in [5.74, 6) is -0.00508. The van der Waals surface area contributed by atoms with Crippen molar-refractivity contribution in [2.24, 2.45) is 0 Å². The third kappa shape index (κ3) is 2.66. The van der Waals surface area contributed by atoms with Crippen LogP contribution in [0.15, 0.2) is 48.2 Å². The maximum absolute atomic E-state index is 12.3. The summed E-state index contributed by atoms with van der Waals surface area (Å²) < 4.78 is 1.96. The molecule has 1 aliphatic rings. The van der Waals surface area contributed by atoms with Crippen molar-refractivity contribution in [3.63, 3.8) is 0 Å². The van der Waals surface area contributed by atoms with Crippen molar-refractivity contribution < 1.29 is 4.79 Å². The number of nitrogens with zero attached hydrogens (tertiary/aromatic N) is 3. The second-order valence-corrected chi connectivity index (χ2v) is 6.51. The number of pyridine rings is 1. The molecule has 3 aromatic rings. The van der Waals surface area contributed by atoms with E-state index in [9.17, 15) is 4.79 Å². The standard InChI is InChI=1S/C17H16N4OS/c22-17(16-5-2-10-23-16)20-14-3-1-4-15-13(14)11-19-21(15)12-6-8-18-9-7-12/h2,5-11,14H,1,3-4H2,(H,20,22)/t14-/m1/s1. The molecule has 0 aromatic carbocycles. The van der Waals surface area contributed by atoms with E-state index in [1.807, 2.05) is 40.5 Å². The highest BCUT2D eigenvalue weighted by Gasteiger charge is 2.26. The van der Waals surface area contributed by atoms with Crippen LogP contribution >= 0.6 is 11.3 Å². The first-order valence-corrected chi connectivity index (χ1v) is 8.52. The van der Waals surface area contributed by atoms with E-state index in [0.717, 1.165) is 35.4 Å². The maximum Gasteiger partial charge on any atom is 0.261 e. The van der Waals surface area contributed by atoms with Crippen LogP contribution in [0, 0.1) is 0 Å². The number of hydrogen-bond donors (Lipinski definition) is 1. The summed E-state index contributed by atoms with van der Waals surface area (Å²) in [5.41, 5.74) is 3.31. The van der Waals surface area contributed by atoms with Crippen molar-refractivity contribution in [1.82, 2.24) is 20.1 Å². The first kappa shape index (κ1) is 14.1. The quantitative estimate of drug-likeness (QED) is 0.805. The Balaban J connectivity index is 1.62. The van der Waals surface area contributed by atoms with Crippen LogP contribution < -0.4 is 5.32 Å². The Morgan fingerprint density at radius 1 is 1.30 bits per heavy atom. The van der Waals surface area contributed by atoms with Gasteiger partial charge in [0.1, 0.15) is 0 Å². The summed E-state index contributed by atoms with van der Waals surface area (Å²) in [6, 6.07) is 7.67. The van der Waals surface area contributed by atoms with Crippen LogP contribution in [0.4, 0.5) is 0 Å². The van der Waals surface area contributed by atoms with E-state index in [-0.39, 0.29) is 11.9 Å². The van der Waals surface area contributed by atoms with Crippen LogP contribution in [0.5, 0.6) is 0 Å². The van der Waals surface area contributed by atoms with E-state index < -0.39 is 0 Å². The fourth-order valence-electron chi connectivity index (χ4n) is 3.05. The summed E-state index contributed by atoms with van der Waals surface area (Å²) in [6.07, 6.45) is 8.38. The van der Waals surface area contributed by atoms with Gasteiger partial charge in [-0.05, 0) is 42.8 Å². The molecule has 3 heterocycles. The Bertz CT molecular complexity index is 811. The van der Waals surface area contributed by atoms with Gasteiger partial charge in [0.05, 0.1) is 22.8 Å². The van der Waals surface area contributed by atoms with E-state index in [2.05, 4.69) is 15.4 Å². The predicted molar refractivity (Wildman–Crippen MR) is 88.8 cm³/mol. The number of thiophene rings is 1. The van der Waals surface area contributed by atoms with Gasteiger partial charge < -0.3 is 5.32 Å². The number of amides is 1. The summed E-state index contributed by atoms with van der Waals surface area (Å²) in [5, 5.41) is 9.60. The van der Waals surface area contributed by atoms with Crippen molar-refractivity contribution in [2.45, 2.75) is 25.3 Å². The molecule has 116 valence electrons. The third-order valence-electron chi connectivity index (χ3n) is 4.14. The molecule has 0 bridgehead atoms. The zero-order valence-corrected chi connectivity index (χ0v) is 13.3. The van der Waals surface area contributed by atoms with Gasteiger partial charge in [-0.15, -0.1) is 11.3 Å². The Hall–Kier alpha value is -2.47. The molecule has 0 fully saturated rings. The fraction of sp³-hybridized carbons (Fsp3) is 0.235. The minimum Gasteiger partial charge on any atom is -0.344 e. The SMILES string of the molecule is O=C(N[C@@H]1CCCc2c1cnn2-c1ccncc1)c1cccs1. The fourth-order valence-corrected chi connectivity index (χ4v) is 3.68. The first-order valence-electron chi connectivity index (χ1n) is 7.64. The van der Waals surface area contributed by atoms with E-state index in [0.29, 0.717) is 0 Å². The molecular formula is C17H16N4OS. The van der Waals surface area contributed by atoms with E-state index >= 15 is 0 Å². The molecule has 0 saturated heterocycles. The van der Waals surface area contributed by atoms with Crippen LogP contribution in [0.25, 0.3) is 5.69 Å². The Labute approximate surface area is 138 Å². The Kier molecular flexibility index (Phi) is 3.67. The van der Waals surface area contributed by atoms with Crippen molar-refractivity contribution in [2.75, 3.05) is 0 Å². The predicted octanol–water partition coefficient (Wildman–Crippen LogP) is 3.14. The average molecular weight is 324 g/mol. The van der Waals surface area contributed by atoms with Gasteiger partial charge in [-0.2, -0.15) is 5.10 Å². The normalized spacial score (nSPS) is 16.8. The van der Waals surface area contributed by atoms with Gasteiger partial charge in [-0.25, -0.2) is 4.68 Å². The van der Waals surface area contributed by atoms with Gasteiger partial charge in [-0.1, -0.05) is 6.07 Å². The van der Waals surface area contributed by atoms with Gasteiger partial charge in [0.2, 0.25) is 0 Å². The van der Waals surface area contributed by atoms with Crippen LogP contribution in [0.2, 0.25) is 0 Å². The number of hydrogen-bond acceptors (Lipinski definition) is 4. The lowest BCUT2D eigenvalue weighted by Gasteiger charge is -2.24. The van der Waals surface area contributed by atoms with Crippen molar-refractivity contribution in [1.29, 1.82) is 0 Å². The van der Waals surface area contributed by atoms with E-state index in [1.165, 1.54) is 17.0 Å². The van der Waals surface area contributed by atoms with Crippen molar-refractivity contribution in [3.8, 4) is 5.69 Å². The molecule has 0 saturated carbocycles. The van der Waals surface area contributed by atoms with Crippen molar-refractivity contribution in [3.05, 3.63) is 64.4 Å². The number of carbonyl (C=O) groups is 1. The maximum atomic E-state index is 12.3. The monoisotopic (exact) mass is 324 g/mol. The molecule has 23 heavy (non-hydrogen) atoms. The van der Waals surface area contributed by atoms with Crippen LogP contribution in [0.1, 0.15) is 39.8 Å². The summed E-state index contributed by atoms with van der Waals surface area (Å²) in [7, 11) is 0. The number of rotatable bonds is 3. The van der Waals surface area contributed by atoms with Crippen LogP contribution in [0.3, 0.4) is 0 Å². The lowest BCUT2D eigenvalue weighted by atomic mass is 9.93. The molecule has 0 radical (unpaired) electrons. The molecular weight excluding hydrogens is 308 g/mol. The molecule has 1 aliphatic carbocycles. The van der Waals surface area contributed by atoms with Crippen molar-refractivity contribution >= 4 is 17.2 Å². The minimum atomic E-state index is -0.00508. The highest BCUT2D eigenvalue weighted by atomic mass is 32.1. The van der Waals surface area contributed by atoms with Gasteiger partial charge in [-0.3, -0.25) is 9.78 Å². The summed E-state index contributed by atoms with van der Waals surface area (Å²) in [6.45, 7) is 0. The zero-order chi connectivity index (χ0) is 15.6. The Morgan fingerprint density at radius 2 is 2.17 bits per heavy atom. The molecule has 0 aliphatic heterocycles. The van der Waals surface area contributed by atoms with Gasteiger partial charge in [0.15, 0.2) is 0 Å². The van der Waals surface area contributed by atoms with Gasteiger partial charge in [0, 0.05) is 23.7 Å². The lowest BCUT2D eigenvalue weighted by molar-refractivity contribution is 0.0937. The summed E-state index contributed by atoms with van der Waals surface area (Å²) >= 11 is 1.46. The molecule has 3 aromatic heterocycles. The number of fused-ring (bicyclic) bond motifs is 1. The van der Waals surface area contributed by atoms with E-state index in [4.69, 9.17) is 0 Å². The van der Waals surface area contributed by atoms with Gasteiger partial charge >= 0.3 is 0 Å². The Morgan fingerprint density at radius 3 is 2.96 bits per heavy atom. The summed E-state index contributed by atoms with van der Waals surface area (Å²) in [4.78, 5) is 17.1. The molecule has 5 nitrogen and oxygen atoms in total. The highest BCUT2D eigenvalue weighted by Crippen LogP contribution is 2.31. The van der Waals surface area contributed by atoms with Crippen LogP contribution in [-0.2, 0) is 6.42 Å². The lowest BCUT2D eigenvalue weighted by Crippen LogP contribution is -2.30. The zero-order valence-electron chi connectivity index (χ0n) is 12.5. The number of aromatic nitrogens is 3. The molecule has 0 unspecified atom stereocenters. The molecule has 4 rings (SSSR count).